The fraction of sp³-hybridized carbons (Fsp3) is 0.600. The van der Waals surface area contributed by atoms with Gasteiger partial charge in [-0.2, -0.15) is 0 Å². The molecule has 0 aromatic heterocycles. The number of likely N-dealkylation sites (N-methyl/N-ethyl adjacent to an activating group) is 1. The van der Waals surface area contributed by atoms with Gasteiger partial charge in [-0.1, -0.05) is 17.7 Å². The maximum Gasteiger partial charge on any atom is 0.0643 e. The molecule has 2 unspecified atom stereocenters. The molecule has 1 aromatic carbocycles. The van der Waals surface area contributed by atoms with Crippen molar-refractivity contribution in [2.45, 2.75) is 32.4 Å². The number of hydrogen-bond donors (Lipinski definition) is 1. The number of halogens is 1. The molecule has 1 aromatic rings. The Morgan fingerprint density at radius 1 is 1.37 bits per heavy atom. The normalized spacial score (nSPS) is 23.2. The van der Waals surface area contributed by atoms with Gasteiger partial charge < -0.3 is 15.5 Å². The smallest absolute Gasteiger partial charge is 0.0643 e. The van der Waals surface area contributed by atoms with E-state index in [9.17, 15) is 0 Å². The van der Waals surface area contributed by atoms with Crippen LogP contribution in [0.3, 0.4) is 0 Å². The first-order chi connectivity index (χ1) is 8.99. The first-order valence-corrected chi connectivity index (χ1v) is 7.37. The average Bonchev–Trinajstić information content (AvgIpc) is 2.50. The van der Waals surface area contributed by atoms with Gasteiger partial charge in [0.05, 0.1) is 10.7 Å². The molecule has 1 aliphatic heterocycles. The summed E-state index contributed by atoms with van der Waals surface area (Å²) in [5.74, 6) is 0. The summed E-state index contributed by atoms with van der Waals surface area (Å²) in [5.41, 5.74) is 8.13. The summed E-state index contributed by atoms with van der Waals surface area (Å²) in [6.07, 6.45) is 1.17. The Morgan fingerprint density at radius 2 is 2.11 bits per heavy atom. The van der Waals surface area contributed by atoms with Crippen molar-refractivity contribution in [1.29, 1.82) is 0 Å². The topological polar surface area (TPSA) is 32.5 Å². The molecule has 4 heteroatoms. The van der Waals surface area contributed by atoms with Crippen molar-refractivity contribution in [3.63, 3.8) is 0 Å². The summed E-state index contributed by atoms with van der Waals surface area (Å²) in [6.45, 7) is 7.52. The van der Waals surface area contributed by atoms with Crippen LogP contribution in [-0.2, 0) is 0 Å². The predicted molar refractivity (Wildman–Crippen MR) is 83.0 cm³/mol. The van der Waals surface area contributed by atoms with Crippen molar-refractivity contribution >= 4 is 17.3 Å². The molecule has 1 saturated heterocycles. The number of rotatable bonds is 2. The Kier molecular flexibility index (Phi) is 4.71. The molecule has 1 aliphatic rings. The van der Waals surface area contributed by atoms with Gasteiger partial charge >= 0.3 is 0 Å². The molecular weight excluding hydrogens is 258 g/mol. The molecule has 2 rings (SSSR count). The van der Waals surface area contributed by atoms with Gasteiger partial charge in [-0.15, -0.1) is 0 Å². The molecule has 0 amide bonds. The third-order valence-electron chi connectivity index (χ3n) is 3.85. The fourth-order valence-corrected chi connectivity index (χ4v) is 3.07. The van der Waals surface area contributed by atoms with Crippen molar-refractivity contribution in [3.8, 4) is 0 Å². The van der Waals surface area contributed by atoms with Crippen molar-refractivity contribution in [1.82, 2.24) is 4.90 Å². The highest BCUT2D eigenvalue weighted by Crippen LogP contribution is 2.30. The summed E-state index contributed by atoms with van der Waals surface area (Å²) >= 11 is 6.45. The molecule has 2 N–H and O–H groups in total. The van der Waals surface area contributed by atoms with E-state index in [0.29, 0.717) is 6.04 Å². The van der Waals surface area contributed by atoms with Gasteiger partial charge in [0.25, 0.3) is 0 Å². The van der Waals surface area contributed by atoms with E-state index in [1.165, 1.54) is 6.42 Å². The van der Waals surface area contributed by atoms with E-state index in [0.717, 1.165) is 35.9 Å². The molecule has 19 heavy (non-hydrogen) atoms. The molecule has 106 valence electrons. The van der Waals surface area contributed by atoms with Crippen LogP contribution in [0.5, 0.6) is 0 Å². The molecule has 0 bridgehead atoms. The van der Waals surface area contributed by atoms with E-state index in [-0.39, 0.29) is 6.04 Å². The van der Waals surface area contributed by atoms with E-state index < -0.39 is 0 Å². The molecule has 3 nitrogen and oxygen atoms in total. The van der Waals surface area contributed by atoms with Crippen LogP contribution < -0.4 is 10.6 Å². The quantitative estimate of drug-likeness (QED) is 0.905. The third kappa shape index (κ3) is 3.41. The summed E-state index contributed by atoms with van der Waals surface area (Å²) in [5, 5.41) is 0.811. The van der Waals surface area contributed by atoms with Gasteiger partial charge in [0.2, 0.25) is 0 Å². The molecule has 2 atom stereocenters. The van der Waals surface area contributed by atoms with Gasteiger partial charge in [-0.3, -0.25) is 0 Å². The van der Waals surface area contributed by atoms with E-state index in [1.54, 1.807) is 0 Å². The van der Waals surface area contributed by atoms with Crippen LogP contribution in [0.15, 0.2) is 18.2 Å². The molecule has 0 radical (unpaired) electrons. The molecular formula is C15H24ClN3. The highest BCUT2D eigenvalue weighted by atomic mass is 35.5. The Hall–Kier alpha value is -0.770. The monoisotopic (exact) mass is 281 g/mol. The van der Waals surface area contributed by atoms with E-state index in [1.807, 2.05) is 13.0 Å². The van der Waals surface area contributed by atoms with Crippen LogP contribution in [0.2, 0.25) is 5.02 Å². The van der Waals surface area contributed by atoms with Crippen molar-refractivity contribution in [3.05, 3.63) is 28.8 Å². The minimum absolute atomic E-state index is 0.0271. The predicted octanol–water partition coefficient (Wildman–Crippen LogP) is 2.89. The summed E-state index contributed by atoms with van der Waals surface area (Å²) < 4.78 is 0. The van der Waals surface area contributed by atoms with Crippen LogP contribution in [0, 0.1) is 0 Å². The molecule has 1 fully saturated rings. The zero-order valence-electron chi connectivity index (χ0n) is 12.1. The Balaban J connectivity index is 2.25. The average molecular weight is 282 g/mol. The molecule has 0 aliphatic carbocycles. The third-order valence-corrected chi connectivity index (χ3v) is 4.16. The molecule has 0 spiro atoms. The lowest BCUT2D eigenvalue weighted by Crippen LogP contribution is -2.38. The van der Waals surface area contributed by atoms with Gasteiger partial charge in [0.15, 0.2) is 0 Å². The number of nitrogens with two attached hydrogens (primary N) is 1. The van der Waals surface area contributed by atoms with E-state index in [4.69, 9.17) is 17.3 Å². The zero-order chi connectivity index (χ0) is 14.0. The summed E-state index contributed by atoms with van der Waals surface area (Å²) in [4.78, 5) is 4.80. The second-order valence-corrected chi connectivity index (χ2v) is 6.06. The van der Waals surface area contributed by atoms with Gasteiger partial charge in [-0.05, 0) is 51.6 Å². The zero-order valence-corrected chi connectivity index (χ0v) is 12.8. The SMILES string of the molecule is CC(N)c1ccc(N2CCCN(C)CC2C)c(Cl)c1. The second kappa shape index (κ2) is 6.12. The van der Waals surface area contributed by atoms with Crippen LogP contribution in [0.4, 0.5) is 5.69 Å². The fourth-order valence-electron chi connectivity index (χ4n) is 2.77. The second-order valence-electron chi connectivity index (χ2n) is 5.66. The molecule has 1 heterocycles. The lowest BCUT2D eigenvalue weighted by atomic mass is 10.1. The summed E-state index contributed by atoms with van der Waals surface area (Å²) in [6, 6.07) is 6.71. The number of benzene rings is 1. The minimum Gasteiger partial charge on any atom is -0.366 e. The number of hydrogen-bond acceptors (Lipinski definition) is 3. The van der Waals surface area contributed by atoms with Crippen molar-refractivity contribution in [2.75, 3.05) is 31.6 Å². The lowest BCUT2D eigenvalue weighted by Gasteiger charge is -2.31. The highest BCUT2D eigenvalue weighted by Gasteiger charge is 2.21. The van der Waals surface area contributed by atoms with Crippen LogP contribution in [-0.4, -0.2) is 37.6 Å². The van der Waals surface area contributed by atoms with Gasteiger partial charge in [0, 0.05) is 25.2 Å². The first kappa shape index (κ1) is 14.6. The van der Waals surface area contributed by atoms with Crippen LogP contribution >= 0.6 is 11.6 Å². The molecule has 0 saturated carbocycles. The minimum atomic E-state index is 0.0271. The van der Waals surface area contributed by atoms with E-state index >= 15 is 0 Å². The van der Waals surface area contributed by atoms with Crippen molar-refractivity contribution < 1.29 is 0 Å². The Labute approximate surface area is 121 Å². The maximum absolute atomic E-state index is 6.45. The first-order valence-electron chi connectivity index (χ1n) is 6.99. The van der Waals surface area contributed by atoms with Crippen LogP contribution in [0.25, 0.3) is 0 Å². The largest absolute Gasteiger partial charge is 0.366 e. The highest BCUT2D eigenvalue weighted by molar-refractivity contribution is 6.33. The lowest BCUT2D eigenvalue weighted by molar-refractivity contribution is 0.337. The van der Waals surface area contributed by atoms with Crippen LogP contribution in [0.1, 0.15) is 31.9 Å². The maximum atomic E-state index is 6.45. The van der Waals surface area contributed by atoms with Crippen molar-refractivity contribution in [2.24, 2.45) is 5.73 Å². The summed E-state index contributed by atoms with van der Waals surface area (Å²) in [7, 11) is 2.18. The number of nitrogens with zero attached hydrogens (tertiary/aromatic N) is 2. The van der Waals surface area contributed by atoms with E-state index in [2.05, 4.69) is 35.9 Å². The standard InChI is InChI=1S/C15H24ClN3/c1-11-10-18(3)7-4-8-19(11)15-6-5-13(12(2)17)9-14(15)16/h5-6,9,11-12H,4,7-8,10,17H2,1-3H3. The van der Waals surface area contributed by atoms with Gasteiger partial charge in [-0.25, -0.2) is 0 Å². The Bertz CT molecular complexity index is 433. The Morgan fingerprint density at radius 3 is 2.74 bits per heavy atom. The van der Waals surface area contributed by atoms with Gasteiger partial charge in [0.1, 0.15) is 0 Å². The number of anilines is 1.